The number of amides is 2. The van der Waals surface area contributed by atoms with E-state index < -0.39 is 6.04 Å². The molecule has 2 amide bonds. The molecule has 11 heteroatoms. The molecule has 0 spiro atoms. The summed E-state index contributed by atoms with van der Waals surface area (Å²) < 4.78 is 13.8. The topological polar surface area (TPSA) is 136 Å². The summed E-state index contributed by atoms with van der Waals surface area (Å²) in [5.41, 5.74) is 8.79. The first-order chi connectivity index (χ1) is 19.2. The Kier molecular flexibility index (Phi) is 10.2. The second-order valence-electron chi connectivity index (χ2n) is 10.1. The molecule has 210 valence electrons. The van der Waals surface area contributed by atoms with E-state index in [9.17, 15) is 14.0 Å². The third-order valence-electron chi connectivity index (χ3n) is 6.43. The summed E-state index contributed by atoms with van der Waals surface area (Å²) in [4.78, 5) is 24.7. The fourth-order valence-electron chi connectivity index (χ4n) is 4.40. The van der Waals surface area contributed by atoms with Crippen LogP contribution in [0.1, 0.15) is 67.4 Å². The number of aryl methyl sites for hydroxylation is 2. The molecule has 0 saturated heterocycles. The van der Waals surface area contributed by atoms with Crippen molar-refractivity contribution in [2.24, 2.45) is 11.7 Å². The average Bonchev–Trinajstić information content (AvgIpc) is 3.35. The fraction of sp³-hybridized carbons (Fsp3) is 0.379. The lowest BCUT2D eigenvalue weighted by Gasteiger charge is -2.13. The van der Waals surface area contributed by atoms with Crippen molar-refractivity contribution in [3.8, 4) is 0 Å². The van der Waals surface area contributed by atoms with Crippen LogP contribution in [0, 0.1) is 11.7 Å². The molecule has 2 aromatic heterocycles. The molecule has 2 unspecified atom stereocenters. The van der Waals surface area contributed by atoms with Crippen molar-refractivity contribution in [2.45, 2.75) is 64.8 Å². The van der Waals surface area contributed by atoms with Crippen LogP contribution in [0.3, 0.4) is 0 Å². The van der Waals surface area contributed by atoms with Gasteiger partial charge in [0.05, 0.1) is 12.1 Å². The van der Waals surface area contributed by atoms with Crippen LogP contribution in [-0.4, -0.2) is 32.2 Å². The number of halogens is 1. The van der Waals surface area contributed by atoms with Gasteiger partial charge in [-0.15, -0.1) is 15.3 Å². The molecule has 1 aliphatic rings. The van der Waals surface area contributed by atoms with Crippen molar-refractivity contribution < 1.29 is 14.0 Å². The van der Waals surface area contributed by atoms with E-state index in [1.807, 2.05) is 18.2 Å². The number of allylic oxidation sites excluding steroid dienone is 3. The SMILES string of the molecule is CC1C=CC=C(CC(=O)Nc2nnc(CCCCc3ccc(NC(=O)Cc4ccc(F)c(C(C)N)c4)nn3)s2)C1. The summed E-state index contributed by atoms with van der Waals surface area (Å²) in [7, 11) is 0. The highest BCUT2D eigenvalue weighted by Crippen LogP contribution is 2.23. The number of carbonyl (C=O) groups is 2. The highest BCUT2D eigenvalue weighted by atomic mass is 32.1. The van der Waals surface area contributed by atoms with Gasteiger partial charge in [-0.1, -0.05) is 54.2 Å². The molecule has 9 nitrogen and oxygen atoms in total. The Hall–Kier alpha value is -3.83. The molecule has 0 aliphatic heterocycles. The van der Waals surface area contributed by atoms with Crippen molar-refractivity contribution >= 4 is 34.1 Å². The standard InChI is InChI=1S/C29H34FN7O2S/c1-18-6-5-7-20(14-18)16-27(39)33-29-37-36-28(40-29)9-4-3-8-22-11-13-25(35-34-22)32-26(38)17-21-10-12-24(30)23(15-21)19(2)31/h5-7,10-13,15,18-19H,3-4,8-9,14,16-17,31H2,1-2H3,(H,32,35,38)(H,33,37,39). The minimum Gasteiger partial charge on any atom is -0.324 e. The number of hydrogen-bond donors (Lipinski definition) is 3. The van der Waals surface area contributed by atoms with Gasteiger partial charge in [0.2, 0.25) is 16.9 Å². The van der Waals surface area contributed by atoms with Gasteiger partial charge in [-0.3, -0.25) is 9.59 Å². The van der Waals surface area contributed by atoms with Crippen molar-refractivity contribution in [1.29, 1.82) is 0 Å². The Morgan fingerprint density at radius 1 is 1.05 bits per heavy atom. The highest BCUT2D eigenvalue weighted by molar-refractivity contribution is 7.15. The predicted molar refractivity (Wildman–Crippen MR) is 154 cm³/mol. The fourth-order valence-corrected chi connectivity index (χ4v) is 5.20. The number of hydrogen-bond acceptors (Lipinski definition) is 8. The molecule has 4 N–H and O–H groups in total. The molecule has 0 fully saturated rings. The second kappa shape index (κ2) is 14.0. The molecule has 1 aromatic carbocycles. The minimum absolute atomic E-state index is 0.0690. The van der Waals surface area contributed by atoms with E-state index >= 15 is 0 Å². The third-order valence-corrected chi connectivity index (χ3v) is 7.33. The largest absolute Gasteiger partial charge is 0.324 e. The van der Waals surface area contributed by atoms with E-state index in [-0.39, 0.29) is 24.1 Å². The van der Waals surface area contributed by atoms with Gasteiger partial charge in [0, 0.05) is 24.4 Å². The number of benzene rings is 1. The first-order valence-corrected chi connectivity index (χ1v) is 14.2. The molecule has 2 atom stereocenters. The Labute approximate surface area is 237 Å². The number of nitrogens with zero attached hydrogens (tertiary/aromatic N) is 4. The number of unbranched alkanes of at least 4 members (excludes halogenated alkanes) is 1. The Morgan fingerprint density at radius 3 is 2.60 bits per heavy atom. The van der Waals surface area contributed by atoms with Crippen LogP contribution in [0.4, 0.5) is 15.3 Å². The van der Waals surface area contributed by atoms with Crippen LogP contribution in [-0.2, 0) is 28.9 Å². The lowest BCUT2D eigenvalue weighted by Crippen LogP contribution is -2.16. The van der Waals surface area contributed by atoms with E-state index in [1.165, 1.54) is 17.4 Å². The normalized spacial score (nSPS) is 15.4. The zero-order chi connectivity index (χ0) is 28.5. The Morgan fingerprint density at radius 2 is 1.85 bits per heavy atom. The third kappa shape index (κ3) is 8.85. The van der Waals surface area contributed by atoms with Crippen molar-refractivity contribution in [3.05, 3.63) is 81.8 Å². The first kappa shape index (κ1) is 29.2. The number of aromatic nitrogens is 4. The van der Waals surface area contributed by atoms with Crippen LogP contribution in [0.2, 0.25) is 0 Å². The van der Waals surface area contributed by atoms with Gasteiger partial charge >= 0.3 is 0 Å². The first-order valence-electron chi connectivity index (χ1n) is 13.4. The van der Waals surface area contributed by atoms with Gasteiger partial charge in [-0.25, -0.2) is 4.39 Å². The molecule has 2 heterocycles. The van der Waals surface area contributed by atoms with Gasteiger partial charge in [0.15, 0.2) is 5.82 Å². The van der Waals surface area contributed by atoms with Gasteiger partial charge in [0.25, 0.3) is 0 Å². The van der Waals surface area contributed by atoms with E-state index in [4.69, 9.17) is 5.73 Å². The molecule has 0 radical (unpaired) electrons. The van der Waals surface area contributed by atoms with Crippen LogP contribution in [0.25, 0.3) is 0 Å². The number of anilines is 2. The monoisotopic (exact) mass is 563 g/mol. The van der Waals surface area contributed by atoms with Crippen LogP contribution in [0.5, 0.6) is 0 Å². The molecule has 0 saturated carbocycles. The molecular weight excluding hydrogens is 529 g/mol. The van der Waals surface area contributed by atoms with Crippen molar-refractivity contribution in [3.63, 3.8) is 0 Å². The number of carbonyl (C=O) groups excluding carboxylic acids is 2. The summed E-state index contributed by atoms with van der Waals surface area (Å²) >= 11 is 1.40. The molecule has 0 bridgehead atoms. The maximum Gasteiger partial charge on any atom is 0.230 e. The minimum atomic E-state index is -0.457. The second-order valence-corrected chi connectivity index (χ2v) is 11.2. The van der Waals surface area contributed by atoms with E-state index in [2.05, 4.69) is 44.0 Å². The number of nitrogens with one attached hydrogen (secondary N) is 2. The lowest BCUT2D eigenvalue weighted by molar-refractivity contribution is -0.116. The van der Waals surface area contributed by atoms with E-state index in [1.54, 1.807) is 25.1 Å². The number of nitrogens with two attached hydrogens (primary N) is 1. The molecular formula is C29H34FN7O2S. The summed E-state index contributed by atoms with van der Waals surface area (Å²) in [6.07, 6.45) is 10.8. The lowest BCUT2D eigenvalue weighted by atomic mass is 9.94. The molecule has 1 aliphatic carbocycles. The quantitative estimate of drug-likeness (QED) is 0.261. The highest BCUT2D eigenvalue weighted by Gasteiger charge is 2.14. The van der Waals surface area contributed by atoms with Gasteiger partial charge < -0.3 is 16.4 Å². The van der Waals surface area contributed by atoms with Crippen LogP contribution in [0.15, 0.2) is 54.1 Å². The maximum atomic E-state index is 13.8. The van der Waals surface area contributed by atoms with Gasteiger partial charge in [-0.05, 0) is 62.3 Å². The molecule has 4 rings (SSSR count). The van der Waals surface area contributed by atoms with Crippen molar-refractivity contribution in [2.75, 3.05) is 10.6 Å². The zero-order valence-corrected chi connectivity index (χ0v) is 23.5. The zero-order valence-electron chi connectivity index (χ0n) is 22.7. The summed E-state index contributed by atoms with van der Waals surface area (Å²) in [5, 5.41) is 23.6. The summed E-state index contributed by atoms with van der Waals surface area (Å²) in [5.74, 6) is 0.0979. The van der Waals surface area contributed by atoms with E-state index in [0.29, 0.717) is 34.4 Å². The van der Waals surface area contributed by atoms with Crippen molar-refractivity contribution in [1.82, 2.24) is 20.4 Å². The summed E-state index contributed by atoms with van der Waals surface area (Å²) in [6.45, 7) is 3.83. The molecule has 40 heavy (non-hydrogen) atoms. The Balaban J connectivity index is 1.16. The maximum absolute atomic E-state index is 13.8. The van der Waals surface area contributed by atoms with Gasteiger partial charge in [-0.2, -0.15) is 5.10 Å². The predicted octanol–water partition coefficient (Wildman–Crippen LogP) is 5.08. The Bertz CT molecular complexity index is 1390. The summed E-state index contributed by atoms with van der Waals surface area (Å²) in [6, 6.07) is 7.61. The number of rotatable bonds is 12. The average molecular weight is 564 g/mol. The van der Waals surface area contributed by atoms with Crippen LogP contribution >= 0.6 is 11.3 Å². The smallest absolute Gasteiger partial charge is 0.230 e. The van der Waals surface area contributed by atoms with Gasteiger partial charge in [0.1, 0.15) is 10.8 Å². The van der Waals surface area contributed by atoms with Crippen LogP contribution < -0.4 is 16.4 Å². The van der Waals surface area contributed by atoms with E-state index in [0.717, 1.165) is 48.4 Å². The molecule has 3 aromatic rings.